The van der Waals surface area contributed by atoms with Gasteiger partial charge in [-0.15, -0.1) is 10.2 Å². The number of carbonyl (C=O) groups excluding carboxylic acids is 1. The molecule has 1 fully saturated rings. The van der Waals surface area contributed by atoms with Crippen molar-refractivity contribution in [3.8, 4) is 11.1 Å². The minimum absolute atomic E-state index is 0.00722. The van der Waals surface area contributed by atoms with Crippen molar-refractivity contribution in [2.24, 2.45) is 0 Å². The summed E-state index contributed by atoms with van der Waals surface area (Å²) < 4.78 is 7.70. The van der Waals surface area contributed by atoms with Crippen molar-refractivity contribution in [2.45, 2.75) is 51.8 Å². The van der Waals surface area contributed by atoms with Gasteiger partial charge in [0.25, 0.3) is 0 Å². The Morgan fingerprint density at radius 3 is 2.88 bits per heavy atom. The Bertz CT molecular complexity index is 1140. The highest BCUT2D eigenvalue weighted by atomic mass is 16.5. The van der Waals surface area contributed by atoms with Crippen LogP contribution in [0.2, 0.25) is 0 Å². The Balaban J connectivity index is 1.17. The van der Waals surface area contributed by atoms with Crippen molar-refractivity contribution in [1.29, 1.82) is 0 Å². The second-order valence-corrected chi connectivity index (χ2v) is 9.27. The van der Waals surface area contributed by atoms with Gasteiger partial charge in [0, 0.05) is 52.2 Å². The Morgan fingerprint density at radius 1 is 1.12 bits per heavy atom. The number of amides is 1. The molecular weight excluding hydrogens is 426 g/mol. The molecule has 0 bridgehead atoms. The van der Waals surface area contributed by atoms with E-state index in [0.717, 1.165) is 57.1 Å². The third-order valence-electron chi connectivity index (χ3n) is 6.85. The molecule has 0 aliphatic carbocycles. The van der Waals surface area contributed by atoms with Crippen LogP contribution in [0.3, 0.4) is 0 Å². The van der Waals surface area contributed by atoms with Gasteiger partial charge in [-0.2, -0.15) is 0 Å². The number of hydrogen-bond donors (Lipinski definition) is 1. The zero-order valence-electron chi connectivity index (χ0n) is 19.9. The summed E-state index contributed by atoms with van der Waals surface area (Å²) >= 11 is 0. The van der Waals surface area contributed by atoms with Crippen molar-refractivity contribution in [3.63, 3.8) is 0 Å². The zero-order chi connectivity index (χ0) is 23.3. The lowest BCUT2D eigenvalue weighted by atomic mass is 9.99. The molecule has 2 aliphatic rings. The van der Waals surface area contributed by atoms with Gasteiger partial charge in [-0.1, -0.05) is 42.5 Å². The van der Waals surface area contributed by atoms with Crippen LogP contribution in [0.5, 0.6) is 0 Å². The van der Waals surface area contributed by atoms with E-state index in [-0.39, 0.29) is 12.0 Å². The van der Waals surface area contributed by atoms with E-state index in [9.17, 15) is 4.79 Å². The van der Waals surface area contributed by atoms with Crippen LogP contribution in [0.4, 0.5) is 0 Å². The summed E-state index contributed by atoms with van der Waals surface area (Å²) in [5.41, 5.74) is 5.19. The van der Waals surface area contributed by atoms with Gasteiger partial charge in [-0.05, 0) is 48.1 Å². The number of carbonyl (C=O) groups is 1. The summed E-state index contributed by atoms with van der Waals surface area (Å²) in [6, 6.07) is 17.4. The molecule has 1 atom stereocenters. The van der Waals surface area contributed by atoms with Crippen molar-refractivity contribution in [2.75, 3.05) is 26.2 Å². The number of aryl methyl sites for hydroxylation is 1. The van der Waals surface area contributed by atoms with Crippen LogP contribution in [-0.4, -0.2) is 57.9 Å². The molecule has 7 nitrogen and oxygen atoms in total. The van der Waals surface area contributed by atoms with Crippen LogP contribution >= 0.6 is 0 Å². The standard InChI is InChI=1S/C27H33N5O2/c1-20-6-2-3-9-23(20)22-8-4-7-21(18-22)19-31-14-12-26-30-29-25(32(26)16-15-31)11-13-28-27(33)24-10-5-17-34-24/h2-4,6-9,18,24H,5,10-17,19H2,1H3,(H,28,33)/t24-/m0/s1. The van der Waals surface area contributed by atoms with Crippen molar-refractivity contribution in [1.82, 2.24) is 25.0 Å². The molecule has 0 radical (unpaired) electrons. The minimum Gasteiger partial charge on any atom is -0.368 e. The molecule has 178 valence electrons. The molecule has 1 saturated heterocycles. The Hall–Kier alpha value is -3.03. The number of nitrogens with zero attached hydrogens (tertiary/aromatic N) is 4. The van der Waals surface area contributed by atoms with E-state index < -0.39 is 0 Å². The fraction of sp³-hybridized carbons (Fsp3) is 0.444. The number of fused-ring (bicyclic) bond motifs is 1. The molecule has 0 unspecified atom stereocenters. The lowest BCUT2D eigenvalue weighted by Crippen LogP contribution is -2.35. The van der Waals surface area contributed by atoms with Gasteiger partial charge in [0.2, 0.25) is 5.91 Å². The molecule has 7 heteroatoms. The summed E-state index contributed by atoms with van der Waals surface area (Å²) in [5.74, 6) is 1.98. The average Bonchev–Trinajstić information content (AvgIpc) is 3.48. The molecule has 5 rings (SSSR count). The van der Waals surface area contributed by atoms with Crippen LogP contribution in [0.25, 0.3) is 11.1 Å². The number of aromatic nitrogens is 3. The van der Waals surface area contributed by atoms with Crippen molar-refractivity contribution >= 4 is 5.91 Å². The maximum absolute atomic E-state index is 12.2. The van der Waals surface area contributed by atoms with Gasteiger partial charge in [0.05, 0.1) is 0 Å². The van der Waals surface area contributed by atoms with Crippen LogP contribution in [0.15, 0.2) is 48.5 Å². The predicted octanol–water partition coefficient (Wildman–Crippen LogP) is 3.15. The van der Waals surface area contributed by atoms with E-state index in [1.165, 1.54) is 22.3 Å². The van der Waals surface area contributed by atoms with E-state index in [0.29, 0.717) is 19.6 Å². The highest BCUT2D eigenvalue weighted by Gasteiger charge is 2.23. The molecule has 0 spiro atoms. The number of benzene rings is 2. The molecule has 34 heavy (non-hydrogen) atoms. The van der Waals surface area contributed by atoms with E-state index in [1.807, 2.05) is 0 Å². The lowest BCUT2D eigenvalue weighted by molar-refractivity contribution is -0.130. The van der Waals surface area contributed by atoms with Crippen molar-refractivity contribution < 1.29 is 9.53 Å². The highest BCUT2D eigenvalue weighted by molar-refractivity contribution is 5.80. The quantitative estimate of drug-likeness (QED) is 0.588. The maximum atomic E-state index is 12.2. The molecule has 3 heterocycles. The summed E-state index contributed by atoms with van der Waals surface area (Å²) in [7, 11) is 0. The van der Waals surface area contributed by atoms with Crippen LogP contribution < -0.4 is 5.32 Å². The van der Waals surface area contributed by atoms with Gasteiger partial charge in [-0.25, -0.2) is 0 Å². The lowest BCUT2D eigenvalue weighted by Gasteiger charge is -2.20. The Kier molecular flexibility index (Phi) is 7.02. The minimum atomic E-state index is -0.284. The van der Waals surface area contributed by atoms with Crippen molar-refractivity contribution in [3.05, 3.63) is 71.3 Å². The van der Waals surface area contributed by atoms with E-state index in [1.54, 1.807) is 0 Å². The number of ether oxygens (including phenoxy) is 1. The average molecular weight is 460 g/mol. The smallest absolute Gasteiger partial charge is 0.249 e. The Morgan fingerprint density at radius 2 is 2.03 bits per heavy atom. The topological polar surface area (TPSA) is 72.3 Å². The van der Waals surface area contributed by atoms with Gasteiger partial charge >= 0.3 is 0 Å². The fourth-order valence-electron chi connectivity index (χ4n) is 4.96. The molecule has 3 aromatic rings. The molecule has 1 N–H and O–H groups in total. The fourth-order valence-corrected chi connectivity index (χ4v) is 4.96. The Labute approximate surface area is 201 Å². The summed E-state index contributed by atoms with van der Waals surface area (Å²) in [6.45, 7) is 7.11. The predicted molar refractivity (Wildman–Crippen MR) is 131 cm³/mol. The van der Waals surface area contributed by atoms with Gasteiger partial charge in [0.15, 0.2) is 0 Å². The molecule has 1 aromatic heterocycles. The normalized spacial score (nSPS) is 18.4. The molecule has 0 saturated carbocycles. The third kappa shape index (κ3) is 5.21. The summed E-state index contributed by atoms with van der Waals surface area (Å²) in [6.07, 6.45) is 3.06. The van der Waals surface area contributed by atoms with Crippen LogP contribution in [-0.2, 0) is 35.5 Å². The first-order valence-corrected chi connectivity index (χ1v) is 12.3. The number of nitrogens with one attached hydrogen (secondary N) is 1. The SMILES string of the molecule is Cc1ccccc1-c1cccc(CN2CCc3nnc(CCNC(=O)[C@@H]4CCCO4)n3CC2)c1. The second-order valence-electron chi connectivity index (χ2n) is 9.27. The first-order valence-electron chi connectivity index (χ1n) is 12.3. The molecule has 1 amide bonds. The molecular formula is C27H33N5O2. The van der Waals surface area contributed by atoms with E-state index in [2.05, 4.69) is 80.4 Å². The number of hydrogen-bond acceptors (Lipinski definition) is 5. The summed E-state index contributed by atoms with van der Waals surface area (Å²) in [5, 5.41) is 11.8. The van der Waals surface area contributed by atoms with Crippen LogP contribution in [0, 0.1) is 6.92 Å². The first-order chi connectivity index (χ1) is 16.7. The third-order valence-corrected chi connectivity index (χ3v) is 6.85. The number of rotatable bonds is 7. The molecule has 2 aromatic carbocycles. The van der Waals surface area contributed by atoms with Gasteiger partial charge < -0.3 is 14.6 Å². The second kappa shape index (κ2) is 10.5. The highest BCUT2D eigenvalue weighted by Crippen LogP contribution is 2.24. The maximum Gasteiger partial charge on any atom is 0.249 e. The molecule has 2 aliphatic heterocycles. The van der Waals surface area contributed by atoms with E-state index >= 15 is 0 Å². The zero-order valence-corrected chi connectivity index (χ0v) is 19.9. The van der Waals surface area contributed by atoms with E-state index in [4.69, 9.17) is 4.74 Å². The van der Waals surface area contributed by atoms with Crippen LogP contribution in [0.1, 0.15) is 35.6 Å². The monoisotopic (exact) mass is 459 g/mol. The first kappa shape index (κ1) is 22.7. The van der Waals surface area contributed by atoms with Gasteiger partial charge in [-0.3, -0.25) is 9.69 Å². The largest absolute Gasteiger partial charge is 0.368 e. The van der Waals surface area contributed by atoms with Gasteiger partial charge in [0.1, 0.15) is 17.8 Å². The summed E-state index contributed by atoms with van der Waals surface area (Å²) in [4.78, 5) is 14.7.